The summed E-state index contributed by atoms with van der Waals surface area (Å²) in [5.41, 5.74) is -0.435. The minimum atomic E-state index is -0.435. The molecule has 0 aromatic rings. The Labute approximate surface area is 155 Å². The molecule has 0 radical (unpaired) electrons. The topological polar surface area (TPSA) is 57.7 Å². The molecule has 0 spiro atoms. The highest BCUT2D eigenvalue weighted by Gasteiger charge is 2.53. The lowest BCUT2D eigenvalue weighted by molar-refractivity contribution is -0.144. The van der Waals surface area contributed by atoms with Crippen molar-refractivity contribution in [2.24, 2.45) is 17.3 Å². The van der Waals surface area contributed by atoms with Crippen molar-refractivity contribution in [3.63, 3.8) is 0 Å². The highest BCUT2D eigenvalue weighted by molar-refractivity contribution is 5.93. The molecule has 26 heavy (non-hydrogen) atoms. The van der Waals surface area contributed by atoms with Crippen molar-refractivity contribution in [2.45, 2.75) is 69.9 Å². The summed E-state index contributed by atoms with van der Waals surface area (Å²) in [5.74, 6) is 1.50. The number of Topliss-reactive ketones (excluding diaryl/α,β-unsaturated/α-hetero) is 3. The summed E-state index contributed by atoms with van der Waals surface area (Å²) in [5, 5.41) is 0. The number of ketones is 3. The highest BCUT2D eigenvalue weighted by atomic mass is 16.1. The zero-order valence-electron chi connectivity index (χ0n) is 15.6. The summed E-state index contributed by atoms with van der Waals surface area (Å²) in [6.07, 6.45) is 7.74. The maximum absolute atomic E-state index is 13.0. The molecular formula is C21H30N2O3. The van der Waals surface area contributed by atoms with Gasteiger partial charge >= 0.3 is 0 Å². The third-order valence-corrected chi connectivity index (χ3v) is 8.22. The second-order valence-corrected chi connectivity index (χ2v) is 9.42. The van der Waals surface area contributed by atoms with Crippen molar-refractivity contribution in [3.05, 3.63) is 0 Å². The van der Waals surface area contributed by atoms with E-state index in [9.17, 15) is 14.4 Å². The normalized spacial score (nSPS) is 47.8. The Bertz CT molecular complexity index is 587. The van der Waals surface area contributed by atoms with Gasteiger partial charge in [-0.1, -0.05) is 0 Å². The van der Waals surface area contributed by atoms with Gasteiger partial charge in [0.25, 0.3) is 0 Å². The van der Waals surface area contributed by atoms with Gasteiger partial charge in [-0.05, 0) is 77.5 Å². The van der Waals surface area contributed by atoms with Gasteiger partial charge in [0.05, 0.1) is 12.1 Å². The van der Waals surface area contributed by atoms with Gasteiger partial charge in [-0.2, -0.15) is 0 Å². The largest absolute Gasteiger partial charge is 0.299 e. The Hall–Kier alpha value is -1.07. The minimum Gasteiger partial charge on any atom is -0.299 e. The van der Waals surface area contributed by atoms with E-state index in [1.807, 2.05) is 0 Å². The molecule has 7 aliphatic rings. The van der Waals surface area contributed by atoms with Gasteiger partial charge in [-0.3, -0.25) is 24.2 Å². The van der Waals surface area contributed by atoms with E-state index in [1.165, 1.54) is 0 Å². The average Bonchev–Trinajstić information content (AvgIpc) is 3.02. The summed E-state index contributed by atoms with van der Waals surface area (Å²) in [7, 11) is 0. The molecule has 2 atom stereocenters. The van der Waals surface area contributed by atoms with E-state index < -0.39 is 5.41 Å². The molecule has 0 aromatic heterocycles. The third kappa shape index (κ3) is 2.54. The first-order valence-electron chi connectivity index (χ1n) is 10.7. The van der Waals surface area contributed by atoms with E-state index in [-0.39, 0.29) is 23.9 Å². The number of carbonyl (C=O) groups is 3. The average molecular weight is 358 g/mol. The molecule has 6 heterocycles. The van der Waals surface area contributed by atoms with Crippen LogP contribution in [0.4, 0.5) is 0 Å². The molecule has 142 valence electrons. The van der Waals surface area contributed by atoms with Crippen LogP contribution >= 0.6 is 0 Å². The van der Waals surface area contributed by atoms with Gasteiger partial charge in [-0.25, -0.2) is 0 Å². The van der Waals surface area contributed by atoms with Crippen molar-refractivity contribution in [3.8, 4) is 0 Å². The molecule has 5 nitrogen and oxygen atoms in total. The van der Waals surface area contributed by atoms with Crippen molar-refractivity contribution in [2.75, 3.05) is 26.2 Å². The molecule has 7 rings (SSSR count). The smallest absolute Gasteiger partial charge is 0.153 e. The molecule has 1 saturated carbocycles. The van der Waals surface area contributed by atoms with Crippen LogP contribution in [0.3, 0.4) is 0 Å². The lowest BCUT2D eigenvalue weighted by Gasteiger charge is -2.49. The first-order chi connectivity index (χ1) is 12.6. The third-order valence-electron chi connectivity index (χ3n) is 8.22. The van der Waals surface area contributed by atoms with Crippen LogP contribution in [0.1, 0.15) is 57.8 Å². The van der Waals surface area contributed by atoms with Crippen molar-refractivity contribution in [1.29, 1.82) is 0 Å². The zero-order valence-corrected chi connectivity index (χ0v) is 15.6. The first kappa shape index (κ1) is 17.1. The maximum Gasteiger partial charge on any atom is 0.153 e. The molecular weight excluding hydrogens is 328 g/mol. The molecule has 6 saturated heterocycles. The van der Waals surface area contributed by atoms with E-state index in [4.69, 9.17) is 0 Å². The molecule has 4 bridgehead atoms. The maximum atomic E-state index is 13.0. The predicted molar refractivity (Wildman–Crippen MR) is 96.7 cm³/mol. The fourth-order valence-electron chi connectivity index (χ4n) is 6.60. The second kappa shape index (κ2) is 6.23. The van der Waals surface area contributed by atoms with Gasteiger partial charge < -0.3 is 0 Å². The number of fused-ring (bicyclic) bond motifs is 6. The van der Waals surface area contributed by atoms with Gasteiger partial charge in [0.2, 0.25) is 0 Å². The number of carbonyl (C=O) groups excluding carboxylic acids is 3. The summed E-state index contributed by atoms with van der Waals surface area (Å²) < 4.78 is 0. The number of hydrogen-bond donors (Lipinski definition) is 0. The second-order valence-electron chi connectivity index (χ2n) is 9.42. The van der Waals surface area contributed by atoms with Crippen LogP contribution in [-0.4, -0.2) is 65.4 Å². The molecule has 0 N–H and O–H groups in total. The molecule has 6 aliphatic heterocycles. The van der Waals surface area contributed by atoms with Crippen molar-refractivity contribution >= 4 is 17.3 Å². The lowest BCUT2D eigenvalue weighted by Crippen LogP contribution is -2.59. The number of piperidine rings is 6. The summed E-state index contributed by atoms with van der Waals surface area (Å²) in [6.45, 7) is 4.01. The van der Waals surface area contributed by atoms with Gasteiger partial charge in [0.15, 0.2) is 11.6 Å². The van der Waals surface area contributed by atoms with Crippen molar-refractivity contribution < 1.29 is 14.4 Å². The molecule has 1 aliphatic carbocycles. The van der Waals surface area contributed by atoms with E-state index in [0.29, 0.717) is 36.6 Å². The Morgan fingerprint density at radius 1 is 0.769 bits per heavy atom. The van der Waals surface area contributed by atoms with Crippen LogP contribution in [0.25, 0.3) is 0 Å². The van der Waals surface area contributed by atoms with Gasteiger partial charge in [0.1, 0.15) is 5.78 Å². The SMILES string of the molecule is O=C1C2CCN(CC2)C1CC1(CC2C(=O)C3CCN2CC3)CCCC1=O. The first-order valence-corrected chi connectivity index (χ1v) is 10.7. The molecule has 2 unspecified atom stereocenters. The van der Waals surface area contributed by atoms with E-state index in [0.717, 1.165) is 64.7 Å². The van der Waals surface area contributed by atoms with E-state index >= 15 is 0 Å². The molecule has 0 amide bonds. The minimum absolute atomic E-state index is 0.0737. The quantitative estimate of drug-likeness (QED) is 0.767. The molecule has 0 aromatic carbocycles. The Morgan fingerprint density at radius 2 is 1.23 bits per heavy atom. The van der Waals surface area contributed by atoms with E-state index in [1.54, 1.807) is 0 Å². The number of hydrogen-bond acceptors (Lipinski definition) is 5. The Balaban J connectivity index is 1.40. The van der Waals surface area contributed by atoms with Crippen LogP contribution < -0.4 is 0 Å². The standard InChI is InChI=1S/C21H30N2O3/c24-18-2-1-7-21(18,12-16-19(25)14-3-8-22(16)9-4-14)13-17-20(26)15-5-10-23(17)11-6-15/h14-17H,1-13H2. The lowest BCUT2D eigenvalue weighted by atomic mass is 9.67. The van der Waals surface area contributed by atoms with Crippen LogP contribution in [-0.2, 0) is 14.4 Å². The van der Waals surface area contributed by atoms with Crippen LogP contribution in [0.2, 0.25) is 0 Å². The van der Waals surface area contributed by atoms with Crippen molar-refractivity contribution in [1.82, 2.24) is 9.80 Å². The number of nitrogens with zero attached hydrogens (tertiary/aromatic N) is 2. The van der Waals surface area contributed by atoms with Crippen LogP contribution in [0.5, 0.6) is 0 Å². The van der Waals surface area contributed by atoms with E-state index in [2.05, 4.69) is 9.80 Å². The molecule has 5 heteroatoms. The predicted octanol–water partition coefficient (Wildman–Crippen LogP) is 1.83. The Morgan fingerprint density at radius 3 is 1.58 bits per heavy atom. The fourth-order valence-corrected chi connectivity index (χ4v) is 6.60. The van der Waals surface area contributed by atoms with Gasteiger partial charge in [0, 0.05) is 23.7 Å². The monoisotopic (exact) mass is 358 g/mol. The van der Waals surface area contributed by atoms with Crippen LogP contribution in [0, 0.1) is 17.3 Å². The van der Waals surface area contributed by atoms with Gasteiger partial charge in [-0.15, -0.1) is 0 Å². The summed E-state index contributed by atoms with van der Waals surface area (Å²) in [4.78, 5) is 43.4. The summed E-state index contributed by atoms with van der Waals surface area (Å²) in [6, 6.07) is -0.147. The summed E-state index contributed by atoms with van der Waals surface area (Å²) >= 11 is 0. The highest BCUT2D eigenvalue weighted by Crippen LogP contribution is 2.48. The Kier molecular flexibility index (Phi) is 4.09. The number of rotatable bonds is 4. The molecule has 7 fully saturated rings. The fraction of sp³-hybridized carbons (Fsp3) is 0.857. The van der Waals surface area contributed by atoms with Crippen LogP contribution in [0.15, 0.2) is 0 Å². The zero-order chi connectivity index (χ0) is 17.9.